The molecule has 0 aliphatic heterocycles. The van der Waals surface area contributed by atoms with Gasteiger partial charge in [0.15, 0.2) is 5.13 Å². The second-order valence-corrected chi connectivity index (χ2v) is 5.18. The molecule has 2 aromatic rings. The van der Waals surface area contributed by atoms with Crippen LogP contribution in [0.2, 0.25) is 0 Å². The van der Waals surface area contributed by atoms with Gasteiger partial charge in [0.2, 0.25) is 0 Å². The van der Waals surface area contributed by atoms with E-state index >= 15 is 0 Å². The molecule has 0 aliphatic carbocycles. The normalized spacial score (nSPS) is 10.9. The molecule has 0 amide bonds. The van der Waals surface area contributed by atoms with Crippen LogP contribution in [0.3, 0.4) is 0 Å². The van der Waals surface area contributed by atoms with E-state index in [4.69, 9.17) is 5.11 Å². The lowest BCUT2D eigenvalue weighted by molar-refractivity contribution is 0.283. The number of aliphatic hydroxyl groups is 1. The van der Waals surface area contributed by atoms with Gasteiger partial charge in [-0.1, -0.05) is 23.5 Å². The first-order valence-corrected chi connectivity index (χ1v) is 6.80. The smallest absolute Gasteiger partial charge is 0.186 e. The molecule has 2 rings (SSSR count). The number of aliphatic hydroxyl groups excluding tert-OH is 1. The molecule has 17 heavy (non-hydrogen) atoms. The van der Waals surface area contributed by atoms with E-state index in [9.17, 15) is 0 Å². The lowest BCUT2D eigenvalue weighted by Gasteiger charge is -2.14. The Labute approximate surface area is 106 Å². The van der Waals surface area contributed by atoms with E-state index in [-0.39, 0.29) is 0 Å². The van der Waals surface area contributed by atoms with Crippen LogP contribution >= 0.6 is 11.3 Å². The van der Waals surface area contributed by atoms with Gasteiger partial charge in [-0.15, -0.1) is 0 Å². The highest BCUT2D eigenvalue weighted by Gasteiger charge is 2.07. The van der Waals surface area contributed by atoms with Crippen molar-refractivity contribution in [2.75, 3.05) is 25.1 Å². The summed E-state index contributed by atoms with van der Waals surface area (Å²) in [6, 6.07) is 8.23. The van der Waals surface area contributed by atoms with Gasteiger partial charge >= 0.3 is 0 Å². The van der Waals surface area contributed by atoms with Crippen molar-refractivity contribution in [2.24, 2.45) is 0 Å². The molecule has 1 aromatic carbocycles. The minimum Gasteiger partial charge on any atom is -0.396 e. The number of rotatable bonds is 6. The van der Waals surface area contributed by atoms with Crippen molar-refractivity contribution in [1.82, 2.24) is 4.98 Å². The van der Waals surface area contributed by atoms with Crippen molar-refractivity contribution in [3.8, 4) is 0 Å². The molecule has 92 valence electrons. The van der Waals surface area contributed by atoms with E-state index in [1.165, 1.54) is 4.70 Å². The fourth-order valence-corrected chi connectivity index (χ4v) is 2.71. The predicted molar refractivity (Wildman–Crippen MR) is 73.8 cm³/mol. The van der Waals surface area contributed by atoms with Crippen LogP contribution in [0.4, 0.5) is 5.13 Å². The summed E-state index contributed by atoms with van der Waals surface area (Å²) >= 11 is 1.73. The monoisotopic (exact) mass is 250 g/mol. The van der Waals surface area contributed by atoms with E-state index < -0.39 is 0 Å². The van der Waals surface area contributed by atoms with Crippen LogP contribution in [0.25, 0.3) is 10.2 Å². The maximum Gasteiger partial charge on any atom is 0.186 e. The Balaban J connectivity index is 1.96. The number of benzene rings is 1. The maximum absolute atomic E-state index is 8.72. The maximum atomic E-state index is 8.72. The zero-order valence-corrected chi connectivity index (χ0v) is 10.9. The molecule has 0 unspecified atom stereocenters. The first-order chi connectivity index (χ1) is 8.31. The topological polar surface area (TPSA) is 36.4 Å². The molecule has 0 spiro atoms. The SMILES string of the molecule is CN(CCCCCO)c1nc2ccccc2s1. The minimum atomic E-state index is 0.296. The number of nitrogens with zero attached hydrogens (tertiary/aromatic N) is 2. The highest BCUT2D eigenvalue weighted by molar-refractivity contribution is 7.22. The second kappa shape index (κ2) is 5.98. The Morgan fingerprint density at radius 1 is 1.24 bits per heavy atom. The fraction of sp³-hybridized carbons (Fsp3) is 0.462. The molecule has 0 bridgehead atoms. The van der Waals surface area contributed by atoms with E-state index in [0.29, 0.717) is 6.61 Å². The summed E-state index contributed by atoms with van der Waals surface area (Å²) in [4.78, 5) is 6.80. The third-order valence-electron chi connectivity index (χ3n) is 2.76. The number of para-hydroxylation sites is 1. The van der Waals surface area contributed by atoms with Crippen LogP contribution in [-0.4, -0.2) is 30.3 Å². The largest absolute Gasteiger partial charge is 0.396 e. The van der Waals surface area contributed by atoms with Crippen molar-refractivity contribution in [1.29, 1.82) is 0 Å². The molecule has 1 aromatic heterocycles. The van der Waals surface area contributed by atoms with Gasteiger partial charge in [0.05, 0.1) is 10.2 Å². The molecule has 0 saturated carbocycles. The fourth-order valence-electron chi connectivity index (χ4n) is 1.76. The summed E-state index contributed by atoms with van der Waals surface area (Å²) in [6.07, 6.45) is 3.08. The van der Waals surface area contributed by atoms with Crippen molar-refractivity contribution in [2.45, 2.75) is 19.3 Å². The van der Waals surface area contributed by atoms with Crippen molar-refractivity contribution < 1.29 is 5.11 Å². The number of hydrogen-bond donors (Lipinski definition) is 1. The van der Waals surface area contributed by atoms with Gasteiger partial charge in [0, 0.05) is 20.2 Å². The Morgan fingerprint density at radius 2 is 2.06 bits per heavy atom. The molecule has 0 atom stereocenters. The third kappa shape index (κ3) is 3.17. The molecule has 0 saturated heterocycles. The van der Waals surface area contributed by atoms with Gasteiger partial charge in [-0.3, -0.25) is 0 Å². The number of aromatic nitrogens is 1. The van der Waals surface area contributed by atoms with Crippen LogP contribution in [0.15, 0.2) is 24.3 Å². The molecule has 0 aliphatic rings. The summed E-state index contributed by atoms with van der Waals surface area (Å²) in [5.41, 5.74) is 1.08. The Morgan fingerprint density at radius 3 is 2.82 bits per heavy atom. The summed E-state index contributed by atoms with van der Waals surface area (Å²) < 4.78 is 1.24. The molecule has 3 nitrogen and oxygen atoms in total. The van der Waals surface area contributed by atoms with Crippen molar-refractivity contribution in [3.05, 3.63) is 24.3 Å². The average Bonchev–Trinajstić information content (AvgIpc) is 2.78. The van der Waals surface area contributed by atoms with Gasteiger partial charge in [-0.25, -0.2) is 4.98 Å². The lowest BCUT2D eigenvalue weighted by atomic mass is 10.2. The van der Waals surface area contributed by atoms with Gasteiger partial charge in [-0.05, 0) is 31.4 Å². The minimum absolute atomic E-state index is 0.296. The summed E-state index contributed by atoms with van der Waals surface area (Å²) in [6.45, 7) is 1.30. The molecule has 1 N–H and O–H groups in total. The lowest BCUT2D eigenvalue weighted by Crippen LogP contribution is -2.18. The Kier molecular flexibility index (Phi) is 4.34. The van der Waals surface area contributed by atoms with E-state index in [1.807, 2.05) is 12.1 Å². The highest BCUT2D eigenvalue weighted by atomic mass is 32.1. The van der Waals surface area contributed by atoms with Crippen LogP contribution < -0.4 is 4.90 Å². The second-order valence-electron chi connectivity index (χ2n) is 4.17. The van der Waals surface area contributed by atoms with E-state index in [1.54, 1.807) is 11.3 Å². The number of fused-ring (bicyclic) bond motifs is 1. The average molecular weight is 250 g/mol. The van der Waals surface area contributed by atoms with Crippen LogP contribution in [0, 0.1) is 0 Å². The Bertz CT molecular complexity index is 436. The standard InChI is InChI=1S/C13H18N2OS/c1-15(9-5-2-6-10-16)13-14-11-7-3-4-8-12(11)17-13/h3-4,7-8,16H,2,5-6,9-10H2,1H3. The van der Waals surface area contributed by atoms with Crippen LogP contribution in [0.1, 0.15) is 19.3 Å². The molecular formula is C13H18N2OS. The molecule has 4 heteroatoms. The van der Waals surface area contributed by atoms with Crippen LogP contribution in [0.5, 0.6) is 0 Å². The molecular weight excluding hydrogens is 232 g/mol. The van der Waals surface area contributed by atoms with Gasteiger partial charge < -0.3 is 10.0 Å². The number of anilines is 1. The first-order valence-electron chi connectivity index (χ1n) is 5.99. The predicted octanol–water partition coefficient (Wildman–Crippen LogP) is 2.90. The summed E-state index contributed by atoms with van der Waals surface area (Å²) in [7, 11) is 2.08. The summed E-state index contributed by atoms with van der Waals surface area (Å²) in [5, 5.41) is 9.80. The highest BCUT2D eigenvalue weighted by Crippen LogP contribution is 2.27. The number of hydrogen-bond acceptors (Lipinski definition) is 4. The number of unbranched alkanes of at least 4 members (excludes halogenated alkanes) is 2. The summed E-state index contributed by atoms with van der Waals surface area (Å²) in [5.74, 6) is 0. The third-order valence-corrected chi connectivity index (χ3v) is 3.91. The van der Waals surface area contributed by atoms with Gasteiger partial charge in [0.1, 0.15) is 0 Å². The van der Waals surface area contributed by atoms with Crippen molar-refractivity contribution in [3.63, 3.8) is 0 Å². The van der Waals surface area contributed by atoms with Gasteiger partial charge in [0.25, 0.3) is 0 Å². The Hall–Kier alpha value is -1.13. The molecule has 0 radical (unpaired) electrons. The van der Waals surface area contributed by atoms with Gasteiger partial charge in [-0.2, -0.15) is 0 Å². The molecule has 1 heterocycles. The van der Waals surface area contributed by atoms with Crippen molar-refractivity contribution >= 4 is 26.7 Å². The number of thiazole rings is 1. The molecule has 0 fully saturated rings. The van der Waals surface area contributed by atoms with E-state index in [0.717, 1.165) is 36.5 Å². The first kappa shape index (κ1) is 12.3. The quantitative estimate of drug-likeness (QED) is 0.801. The zero-order valence-electron chi connectivity index (χ0n) is 10.1. The van der Waals surface area contributed by atoms with Crippen LogP contribution in [-0.2, 0) is 0 Å². The zero-order chi connectivity index (χ0) is 12.1. The van der Waals surface area contributed by atoms with E-state index in [2.05, 4.69) is 29.1 Å².